The SMILES string of the molecule is CCS(=O)C1CCCC(NC(=O)c2cc(N)ccc2C)C1. The molecule has 4 nitrogen and oxygen atoms in total. The summed E-state index contributed by atoms with van der Waals surface area (Å²) < 4.78 is 11.9. The van der Waals surface area contributed by atoms with E-state index in [9.17, 15) is 9.00 Å². The maximum absolute atomic E-state index is 12.4. The normalized spacial score (nSPS) is 23.5. The Hall–Kier alpha value is -1.36. The van der Waals surface area contributed by atoms with Crippen LogP contribution in [0, 0.1) is 6.92 Å². The van der Waals surface area contributed by atoms with Crippen LogP contribution in [-0.2, 0) is 10.8 Å². The third-order valence-electron chi connectivity index (χ3n) is 4.12. The Morgan fingerprint density at radius 1 is 1.43 bits per heavy atom. The molecule has 2 rings (SSSR count). The monoisotopic (exact) mass is 308 g/mol. The van der Waals surface area contributed by atoms with Gasteiger partial charge in [0.05, 0.1) is 0 Å². The minimum Gasteiger partial charge on any atom is -0.399 e. The molecule has 0 heterocycles. The molecule has 1 aromatic rings. The van der Waals surface area contributed by atoms with Gasteiger partial charge in [0, 0.05) is 39.1 Å². The van der Waals surface area contributed by atoms with Gasteiger partial charge in [0.15, 0.2) is 0 Å². The Labute approximate surface area is 129 Å². The van der Waals surface area contributed by atoms with E-state index in [0.29, 0.717) is 17.0 Å². The van der Waals surface area contributed by atoms with Gasteiger partial charge in [-0.05, 0) is 43.9 Å². The number of carbonyl (C=O) groups is 1. The maximum atomic E-state index is 12.4. The number of benzene rings is 1. The zero-order chi connectivity index (χ0) is 15.4. The molecule has 0 bridgehead atoms. The predicted octanol–water partition coefficient (Wildman–Crippen LogP) is 2.39. The van der Waals surface area contributed by atoms with Crippen molar-refractivity contribution in [2.45, 2.75) is 50.8 Å². The van der Waals surface area contributed by atoms with Gasteiger partial charge < -0.3 is 11.1 Å². The van der Waals surface area contributed by atoms with Crippen molar-refractivity contribution in [2.24, 2.45) is 0 Å². The number of rotatable bonds is 4. The quantitative estimate of drug-likeness (QED) is 0.839. The Balaban J connectivity index is 2.02. The molecule has 5 heteroatoms. The lowest BCUT2D eigenvalue weighted by atomic mass is 9.94. The highest BCUT2D eigenvalue weighted by atomic mass is 32.2. The minimum absolute atomic E-state index is 0.0762. The second-order valence-corrected chi connectivity index (χ2v) is 7.71. The molecule has 0 aliphatic heterocycles. The van der Waals surface area contributed by atoms with Gasteiger partial charge in [0.25, 0.3) is 5.91 Å². The van der Waals surface area contributed by atoms with E-state index in [0.717, 1.165) is 31.2 Å². The van der Waals surface area contributed by atoms with Gasteiger partial charge in [-0.15, -0.1) is 0 Å². The van der Waals surface area contributed by atoms with E-state index in [-0.39, 0.29) is 17.2 Å². The second-order valence-electron chi connectivity index (χ2n) is 5.70. The van der Waals surface area contributed by atoms with E-state index in [2.05, 4.69) is 5.32 Å². The number of nitrogens with two attached hydrogens (primary N) is 1. The highest BCUT2D eigenvalue weighted by Gasteiger charge is 2.27. The molecule has 3 unspecified atom stereocenters. The first kappa shape index (κ1) is 16.0. The van der Waals surface area contributed by atoms with Gasteiger partial charge in [-0.25, -0.2) is 0 Å². The third-order valence-corrected chi connectivity index (χ3v) is 5.86. The lowest BCUT2D eigenvalue weighted by Gasteiger charge is -2.29. The van der Waals surface area contributed by atoms with E-state index >= 15 is 0 Å². The van der Waals surface area contributed by atoms with Crippen molar-refractivity contribution in [3.05, 3.63) is 29.3 Å². The van der Waals surface area contributed by atoms with Crippen LogP contribution in [-0.4, -0.2) is 27.2 Å². The molecule has 1 amide bonds. The summed E-state index contributed by atoms with van der Waals surface area (Å²) in [7, 11) is -0.773. The molecule has 1 aromatic carbocycles. The van der Waals surface area contributed by atoms with Gasteiger partial charge in [0.1, 0.15) is 0 Å². The molecule has 0 spiro atoms. The van der Waals surface area contributed by atoms with Gasteiger partial charge in [0.2, 0.25) is 0 Å². The van der Waals surface area contributed by atoms with E-state index in [1.54, 1.807) is 12.1 Å². The molecular weight excluding hydrogens is 284 g/mol. The first-order valence-corrected chi connectivity index (χ1v) is 8.93. The van der Waals surface area contributed by atoms with Gasteiger partial charge in [-0.3, -0.25) is 9.00 Å². The molecule has 0 aromatic heterocycles. The van der Waals surface area contributed by atoms with Crippen LogP contribution in [0.1, 0.15) is 48.5 Å². The van der Waals surface area contributed by atoms with Crippen molar-refractivity contribution in [3.63, 3.8) is 0 Å². The van der Waals surface area contributed by atoms with Crippen molar-refractivity contribution in [2.75, 3.05) is 11.5 Å². The Kier molecular flexibility index (Phi) is 5.39. The van der Waals surface area contributed by atoms with Gasteiger partial charge in [-0.1, -0.05) is 19.4 Å². The van der Waals surface area contributed by atoms with Crippen LogP contribution in [0.25, 0.3) is 0 Å². The van der Waals surface area contributed by atoms with Crippen LogP contribution >= 0.6 is 0 Å². The summed E-state index contributed by atoms with van der Waals surface area (Å²) in [6.45, 7) is 3.86. The summed E-state index contributed by atoms with van der Waals surface area (Å²) in [4.78, 5) is 12.4. The van der Waals surface area contributed by atoms with Crippen molar-refractivity contribution < 1.29 is 9.00 Å². The summed E-state index contributed by atoms with van der Waals surface area (Å²) in [5.74, 6) is 0.618. The predicted molar refractivity (Wildman–Crippen MR) is 87.8 cm³/mol. The summed E-state index contributed by atoms with van der Waals surface area (Å²) in [6.07, 6.45) is 3.81. The fourth-order valence-corrected chi connectivity index (χ4v) is 4.25. The molecule has 3 N–H and O–H groups in total. The largest absolute Gasteiger partial charge is 0.399 e. The molecule has 1 aliphatic rings. The lowest BCUT2D eigenvalue weighted by molar-refractivity contribution is 0.0927. The standard InChI is InChI=1S/C16H24N2O2S/c1-3-21(20)14-6-4-5-13(10-14)18-16(19)15-9-12(17)8-7-11(15)2/h7-9,13-14H,3-6,10,17H2,1-2H3,(H,18,19). The number of nitrogens with one attached hydrogen (secondary N) is 1. The van der Waals surface area contributed by atoms with E-state index in [1.807, 2.05) is 19.9 Å². The fourth-order valence-electron chi connectivity index (χ4n) is 2.90. The van der Waals surface area contributed by atoms with Crippen LogP contribution in [0.5, 0.6) is 0 Å². The van der Waals surface area contributed by atoms with Crippen LogP contribution in [0.15, 0.2) is 18.2 Å². The van der Waals surface area contributed by atoms with E-state index in [1.165, 1.54) is 0 Å². The third kappa shape index (κ3) is 4.06. The molecule has 0 radical (unpaired) electrons. The number of carbonyl (C=O) groups excluding carboxylic acids is 1. The summed E-state index contributed by atoms with van der Waals surface area (Å²) in [5, 5.41) is 3.30. The Morgan fingerprint density at radius 2 is 2.19 bits per heavy atom. The Bertz CT molecular complexity index is 545. The number of aryl methyl sites for hydroxylation is 1. The highest BCUT2D eigenvalue weighted by Crippen LogP contribution is 2.23. The topological polar surface area (TPSA) is 72.2 Å². The first-order valence-electron chi connectivity index (χ1n) is 7.55. The molecule has 3 atom stereocenters. The van der Waals surface area contributed by atoms with Crippen LogP contribution in [0.3, 0.4) is 0 Å². The zero-order valence-electron chi connectivity index (χ0n) is 12.7. The number of nitrogen functional groups attached to an aromatic ring is 1. The number of anilines is 1. The Morgan fingerprint density at radius 3 is 2.90 bits per heavy atom. The maximum Gasteiger partial charge on any atom is 0.251 e. The minimum atomic E-state index is -0.773. The summed E-state index contributed by atoms with van der Waals surface area (Å²) >= 11 is 0. The van der Waals surface area contributed by atoms with Crippen molar-refractivity contribution in [1.29, 1.82) is 0 Å². The summed E-state index contributed by atoms with van der Waals surface area (Å²) in [5.41, 5.74) is 7.91. The average molecular weight is 308 g/mol. The average Bonchev–Trinajstić information content (AvgIpc) is 2.49. The first-order chi connectivity index (χ1) is 10.0. The smallest absolute Gasteiger partial charge is 0.251 e. The van der Waals surface area contributed by atoms with Crippen LogP contribution in [0.2, 0.25) is 0 Å². The molecule has 1 aliphatic carbocycles. The summed E-state index contributed by atoms with van der Waals surface area (Å²) in [6, 6.07) is 5.50. The fraction of sp³-hybridized carbons (Fsp3) is 0.562. The molecule has 116 valence electrons. The van der Waals surface area contributed by atoms with Crippen molar-refractivity contribution >= 4 is 22.4 Å². The highest BCUT2D eigenvalue weighted by molar-refractivity contribution is 7.85. The van der Waals surface area contributed by atoms with E-state index in [4.69, 9.17) is 5.73 Å². The molecule has 21 heavy (non-hydrogen) atoms. The molecular formula is C16H24N2O2S. The molecule has 0 saturated heterocycles. The molecule has 1 saturated carbocycles. The van der Waals surface area contributed by atoms with E-state index < -0.39 is 10.8 Å². The number of hydrogen-bond donors (Lipinski definition) is 2. The lowest BCUT2D eigenvalue weighted by Crippen LogP contribution is -2.41. The number of hydrogen-bond acceptors (Lipinski definition) is 3. The van der Waals surface area contributed by atoms with Crippen molar-refractivity contribution in [3.8, 4) is 0 Å². The van der Waals surface area contributed by atoms with Crippen LogP contribution < -0.4 is 11.1 Å². The van der Waals surface area contributed by atoms with Gasteiger partial charge in [-0.2, -0.15) is 0 Å². The second kappa shape index (κ2) is 7.07. The van der Waals surface area contributed by atoms with Gasteiger partial charge >= 0.3 is 0 Å². The van der Waals surface area contributed by atoms with Crippen molar-refractivity contribution in [1.82, 2.24) is 5.32 Å². The van der Waals surface area contributed by atoms with Crippen LogP contribution in [0.4, 0.5) is 5.69 Å². The zero-order valence-corrected chi connectivity index (χ0v) is 13.5. The molecule has 1 fully saturated rings. The number of amides is 1.